The highest BCUT2D eigenvalue weighted by Gasteiger charge is 2.27. The lowest BCUT2D eigenvalue weighted by atomic mass is 10.1. The number of amides is 2. The number of piperazine rings is 1. The van der Waals surface area contributed by atoms with Crippen molar-refractivity contribution in [2.45, 2.75) is 12.8 Å². The number of likely N-dealkylation sites (tertiary alicyclic amines) is 1. The van der Waals surface area contributed by atoms with E-state index in [-0.39, 0.29) is 11.8 Å². The molecule has 0 aromatic heterocycles. The maximum atomic E-state index is 12.9. The number of carbonyl (C=O) groups is 2. The Hall–Kier alpha value is -2.28. The lowest BCUT2D eigenvalue weighted by Crippen LogP contribution is -2.51. The fourth-order valence-electron chi connectivity index (χ4n) is 3.52. The summed E-state index contributed by atoms with van der Waals surface area (Å²) >= 11 is 0. The SMILES string of the molecule is COc1ccc(OC)c(C(=O)N2CCN(CC(=O)N3CCCC3)CC2)c1. The molecule has 0 saturated carbocycles. The van der Waals surface area contributed by atoms with Gasteiger partial charge in [-0.25, -0.2) is 0 Å². The van der Waals surface area contributed by atoms with Crippen molar-refractivity contribution in [2.24, 2.45) is 0 Å². The van der Waals surface area contributed by atoms with Crippen LogP contribution >= 0.6 is 0 Å². The van der Waals surface area contributed by atoms with Gasteiger partial charge in [0, 0.05) is 39.3 Å². The molecular weight excluding hydrogens is 334 g/mol. The summed E-state index contributed by atoms with van der Waals surface area (Å²) in [5, 5.41) is 0. The second-order valence-corrected chi connectivity index (χ2v) is 6.72. The highest BCUT2D eigenvalue weighted by molar-refractivity contribution is 5.97. The first-order chi connectivity index (χ1) is 12.6. The molecule has 1 aromatic rings. The van der Waals surface area contributed by atoms with Crippen molar-refractivity contribution in [3.05, 3.63) is 23.8 Å². The highest BCUT2D eigenvalue weighted by Crippen LogP contribution is 2.25. The third-order valence-corrected chi connectivity index (χ3v) is 5.11. The minimum Gasteiger partial charge on any atom is -0.497 e. The number of ether oxygens (including phenoxy) is 2. The molecule has 2 aliphatic heterocycles. The summed E-state index contributed by atoms with van der Waals surface area (Å²) < 4.78 is 10.5. The van der Waals surface area contributed by atoms with Crippen LogP contribution in [0, 0.1) is 0 Å². The summed E-state index contributed by atoms with van der Waals surface area (Å²) in [5.41, 5.74) is 0.508. The van der Waals surface area contributed by atoms with Crippen molar-refractivity contribution in [1.82, 2.24) is 14.7 Å². The van der Waals surface area contributed by atoms with Crippen LogP contribution in [0.3, 0.4) is 0 Å². The summed E-state index contributed by atoms with van der Waals surface area (Å²) in [6.07, 6.45) is 2.22. The third kappa shape index (κ3) is 4.09. The first kappa shape index (κ1) is 18.5. The predicted octanol–water partition coefficient (Wildman–Crippen LogP) is 1.08. The van der Waals surface area contributed by atoms with E-state index in [0.29, 0.717) is 49.8 Å². The minimum atomic E-state index is -0.0636. The second-order valence-electron chi connectivity index (χ2n) is 6.72. The molecule has 2 saturated heterocycles. The Morgan fingerprint density at radius 2 is 1.62 bits per heavy atom. The zero-order chi connectivity index (χ0) is 18.5. The van der Waals surface area contributed by atoms with Crippen LogP contribution in [-0.2, 0) is 4.79 Å². The van der Waals surface area contributed by atoms with Gasteiger partial charge in [-0.2, -0.15) is 0 Å². The summed E-state index contributed by atoms with van der Waals surface area (Å²) in [7, 11) is 3.13. The highest BCUT2D eigenvalue weighted by atomic mass is 16.5. The molecular formula is C19H27N3O4. The Morgan fingerprint density at radius 1 is 0.923 bits per heavy atom. The largest absolute Gasteiger partial charge is 0.497 e. The van der Waals surface area contributed by atoms with E-state index in [1.165, 1.54) is 0 Å². The fraction of sp³-hybridized carbons (Fsp3) is 0.579. The van der Waals surface area contributed by atoms with Gasteiger partial charge in [0.05, 0.1) is 26.3 Å². The average Bonchev–Trinajstić information content (AvgIpc) is 3.22. The van der Waals surface area contributed by atoms with Crippen LogP contribution < -0.4 is 9.47 Å². The smallest absolute Gasteiger partial charge is 0.257 e. The van der Waals surface area contributed by atoms with E-state index < -0.39 is 0 Å². The molecule has 2 fully saturated rings. The van der Waals surface area contributed by atoms with Gasteiger partial charge in [-0.1, -0.05) is 0 Å². The van der Waals surface area contributed by atoms with Crippen molar-refractivity contribution < 1.29 is 19.1 Å². The van der Waals surface area contributed by atoms with Crippen molar-refractivity contribution in [3.63, 3.8) is 0 Å². The topological polar surface area (TPSA) is 62.3 Å². The van der Waals surface area contributed by atoms with Crippen LogP contribution in [0.15, 0.2) is 18.2 Å². The standard InChI is InChI=1S/C19H27N3O4/c1-25-15-5-6-17(26-2)16(13-15)19(24)22-11-9-20(10-12-22)14-18(23)21-7-3-4-8-21/h5-6,13H,3-4,7-12,14H2,1-2H3. The van der Waals surface area contributed by atoms with Crippen LogP contribution in [0.1, 0.15) is 23.2 Å². The van der Waals surface area contributed by atoms with E-state index in [4.69, 9.17) is 9.47 Å². The molecule has 3 rings (SSSR count). The van der Waals surface area contributed by atoms with Gasteiger partial charge >= 0.3 is 0 Å². The predicted molar refractivity (Wildman–Crippen MR) is 97.7 cm³/mol. The van der Waals surface area contributed by atoms with Crippen LogP contribution in [0.4, 0.5) is 0 Å². The number of hydrogen-bond acceptors (Lipinski definition) is 5. The van der Waals surface area contributed by atoms with Crippen molar-refractivity contribution in [2.75, 3.05) is 60.0 Å². The third-order valence-electron chi connectivity index (χ3n) is 5.11. The lowest BCUT2D eigenvalue weighted by Gasteiger charge is -2.35. The molecule has 7 heteroatoms. The molecule has 26 heavy (non-hydrogen) atoms. The summed E-state index contributed by atoms with van der Waals surface area (Å²) in [6.45, 7) is 4.83. The normalized spacial score (nSPS) is 18.1. The summed E-state index contributed by atoms with van der Waals surface area (Å²) in [6, 6.07) is 5.24. The molecule has 0 aliphatic carbocycles. The molecule has 0 unspecified atom stereocenters. The van der Waals surface area contributed by atoms with E-state index in [1.807, 2.05) is 9.80 Å². The van der Waals surface area contributed by atoms with E-state index in [1.54, 1.807) is 32.4 Å². The van der Waals surface area contributed by atoms with Gasteiger partial charge in [-0.15, -0.1) is 0 Å². The van der Waals surface area contributed by atoms with E-state index >= 15 is 0 Å². The average molecular weight is 361 g/mol. The molecule has 0 N–H and O–H groups in total. The van der Waals surface area contributed by atoms with E-state index in [0.717, 1.165) is 25.9 Å². The van der Waals surface area contributed by atoms with Gasteiger partial charge < -0.3 is 19.3 Å². The number of benzene rings is 1. The van der Waals surface area contributed by atoms with Crippen molar-refractivity contribution in [3.8, 4) is 11.5 Å². The second kappa shape index (κ2) is 8.40. The molecule has 7 nitrogen and oxygen atoms in total. The van der Waals surface area contributed by atoms with Gasteiger partial charge in [-0.3, -0.25) is 14.5 Å². The number of hydrogen-bond donors (Lipinski definition) is 0. The van der Waals surface area contributed by atoms with Gasteiger partial charge in [0.25, 0.3) is 5.91 Å². The molecule has 0 spiro atoms. The summed E-state index contributed by atoms with van der Waals surface area (Å²) in [4.78, 5) is 31.0. The Labute approximate surface area is 154 Å². The van der Waals surface area contributed by atoms with E-state index in [9.17, 15) is 9.59 Å². The first-order valence-electron chi connectivity index (χ1n) is 9.14. The van der Waals surface area contributed by atoms with Gasteiger partial charge in [0.1, 0.15) is 11.5 Å². The molecule has 1 aromatic carbocycles. The first-order valence-corrected chi connectivity index (χ1v) is 9.14. The number of nitrogens with zero attached hydrogens (tertiary/aromatic N) is 3. The Balaban J connectivity index is 1.57. The Bertz CT molecular complexity index is 650. The molecule has 2 heterocycles. The van der Waals surface area contributed by atoms with E-state index in [2.05, 4.69) is 4.90 Å². The number of carbonyl (C=O) groups excluding carboxylic acids is 2. The minimum absolute atomic E-state index is 0.0636. The zero-order valence-corrected chi connectivity index (χ0v) is 15.6. The molecule has 2 amide bonds. The molecule has 0 atom stereocenters. The monoisotopic (exact) mass is 361 g/mol. The quantitative estimate of drug-likeness (QED) is 0.786. The lowest BCUT2D eigenvalue weighted by molar-refractivity contribution is -0.131. The van der Waals surface area contributed by atoms with Gasteiger partial charge in [-0.05, 0) is 31.0 Å². The van der Waals surface area contributed by atoms with Crippen LogP contribution in [0.25, 0.3) is 0 Å². The number of rotatable bonds is 5. The van der Waals surface area contributed by atoms with Gasteiger partial charge in [0.2, 0.25) is 5.91 Å². The van der Waals surface area contributed by atoms with Crippen LogP contribution in [0.2, 0.25) is 0 Å². The summed E-state index contributed by atoms with van der Waals surface area (Å²) in [5.74, 6) is 1.31. The molecule has 0 radical (unpaired) electrons. The molecule has 2 aliphatic rings. The fourth-order valence-corrected chi connectivity index (χ4v) is 3.52. The maximum absolute atomic E-state index is 12.9. The number of methoxy groups -OCH3 is 2. The van der Waals surface area contributed by atoms with Crippen LogP contribution in [0.5, 0.6) is 11.5 Å². The molecule has 0 bridgehead atoms. The Morgan fingerprint density at radius 3 is 2.23 bits per heavy atom. The van der Waals surface area contributed by atoms with Crippen LogP contribution in [-0.4, -0.2) is 86.5 Å². The maximum Gasteiger partial charge on any atom is 0.257 e. The van der Waals surface area contributed by atoms with Crippen molar-refractivity contribution >= 4 is 11.8 Å². The van der Waals surface area contributed by atoms with Gasteiger partial charge in [0.15, 0.2) is 0 Å². The zero-order valence-electron chi connectivity index (χ0n) is 15.6. The Kier molecular flexibility index (Phi) is 5.98. The van der Waals surface area contributed by atoms with Crippen molar-refractivity contribution in [1.29, 1.82) is 0 Å². The molecule has 142 valence electrons.